The Hall–Kier alpha value is -1.64. The van der Waals surface area contributed by atoms with Crippen LogP contribution in [0.1, 0.15) is 36.1 Å². The molecule has 0 amide bonds. The van der Waals surface area contributed by atoms with E-state index < -0.39 is 11.7 Å². The molecule has 2 rings (SSSR count). The summed E-state index contributed by atoms with van der Waals surface area (Å²) in [6.45, 7) is 3.84. The summed E-state index contributed by atoms with van der Waals surface area (Å²) in [6.07, 6.45) is -0.478. The summed E-state index contributed by atoms with van der Waals surface area (Å²) in [5.41, 5.74) is 1.25. The zero-order valence-electron chi connectivity index (χ0n) is 11.4. The van der Waals surface area contributed by atoms with Gasteiger partial charge in [-0.05, 0) is 30.0 Å². The SMILES string of the molecule is CCC(O)(c1ccccc1C)C(O)c1ccccc1. The Balaban J connectivity index is 2.46. The topological polar surface area (TPSA) is 40.5 Å². The van der Waals surface area contributed by atoms with Gasteiger partial charge in [0, 0.05) is 0 Å². The first-order chi connectivity index (χ1) is 9.09. The van der Waals surface area contributed by atoms with Gasteiger partial charge in [-0.2, -0.15) is 0 Å². The van der Waals surface area contributed by atoms with Crippen molar-refractivity contribution in [3.63, 3.8) is 0 Å². The minimum Gasteiger partial charge on any atom is -0.385 e. The maximum absolute atomic E-state index is 10.9. The third kappa shape index (κ3) is 2.55. The third-order valence-electron chi connectivity index (χ3n) is 3.72. The van der Waals surface area contributed by atoms with E-state index in [1.54, 1.807) is 0 Å². The van der Waals surface area contributed by atoms with Crippen LogP contribution >= 0.6 is 0 Å². The summed E-state index contributed by atoms with van der Waals surface area (Å²) in [5.74, 6) is 0. The van der Waals surface area contributed by atoms with Crippen molar-refractivity contribution in [1.82, 2.24) is 0 Å². The monoisotopic (exact) mass is 256 g/mol. The van der Waals surface area contributed by atoms with E-state index in [2.05, 4.69) is 0 Å². The van der Waals surface area contributed by atoms with E-state index in [9.17, 15) is 10.2 Å². The van der Waals surface area contributed by atoms with Crippen molar-refractivity contribution in [1.29, 1.82) is 0 Å². The molecule has 0 bridgehead atoms. The molecular weight excluding hydrogens is 236 g/mol. The van der Waals surface area contributed by atoms with E-state index in [0.29, 0.717) is 6.42 Å². The first kappa shape index (κ1) is 13.8. The first-order valence-electron chi connectivity index (χ1n) is 6.61. The average Bonchev–Trinajstić information content (AvgIpc) is 2.47. The Morgan fingerprint density at radius 1 is 1.00 bits per heavy atom. The second kappa shape index (κ2) is 5.55. The zero-order valence-corrected chi connectivity index (χ0v) is 11.4. The minimum atomic E-state index is -1.26. The highest BCUT2D eigenvalue weighted by molar-refractivity contribution is 5.35. The predicted molar refractivity (Wildman–Crippen MR) is 76.8 cm³/mol. The highest BCUT2D eigenvalue weighted by Gasteiger charge is 2.37. The summed E-state index contributed by atoms with van der Waals surface area (Å²) in [6, 6.07) is 17.0. The van der Waals surface area contributed by atoms with Gasteiger partial charge in [-0.1, -0.05) is 61.5 Å². The van der Waals surface area contributed by atoms with Gasteiger partial charge in [0.15, 0.2) is 0 Å². The molecule has 2 unspecified atom stereocenters. The van der Waals surface area contributed by atoms with Crippen molar-refractivity contribution < 1.29 is 10.2 Å². The van der Waals surface area contributed by atoms with Gasteiger partial charge in [0.1, 0.15) is 11.7 Å². The molecule has 2 aromatic rings. The molecule has 2 nitrogen and oxygen atoms in total. The quantitative estimate of drug-likeness (QED) is 0.881. The minimum absolute atomic E-state index is 0.452. The highest BCUT2D eigenvalue weighted by Crippen LogP contribution is 2.39. The summed E-state index contributed by atoms with van der Waals surface area (Å²) in [5, 5.41) is 21.5. The normalized spacial score (nSPS) is 15.8. The second-order valence-corrected chi connectivity index (χ2v) is 4.91. The van der Waals surface area contributed by atoms with Crippen LogP contribution in [0.3, 0.4) is 0 Å². The van der Waals surface area contributed by atoms with Crippen LogP contribution in [0.4, 0.5) is 0 Å². The molecule has 0 aliphatic rings. The van der Waals surface area contributed by atoms with E-state index in [1.165, 1.54) is 0 Å². The fourth-order valence-electron chi connectivity index (χ4n) is 2.50. The van der Waals surface area contributed by atoms with Crippen LogP contribution in [0.25, 0.3) is 0 Å². The second-order valence-electron chi connectivity index (χ2n) is 4.91. The van der Waals surface area contributed by atoms with Gasteiger partial charge in [0.25, 0.3) is 0 Å². The molecule has 2 atom stereocenters. The van der Waals surface area contributed by atoms with Crippen LogP contribution in [-0.4, -0.2) is 10.2 Å². The van der Waals surface area contributed by atoms with E-state index in [-0.39, 0.29) is 0 Å². The molecule has 100 valence electrons. The number of benzene rings is 2. The van der Waals surface area contributed by atoms with E-state index in [4.69, 9.17) is 0 Å². The Morgan fingerprint density at radius 3 is 2.16 bits per heavy atom. The van der Waals surface area contributed by atoms with Gasteiger partial charge >= 0.3 is 0 Å². The summed E-state index contributed by atoms with van der Waals surface area (Å²) < 4.78 is 0. The Bertz CT molecular complexity index is 536. The number of aryl methyl sites for hydroxylation is 1. The van der Waals surface area contributed by atoms with Crippen LogP contribution in [0, 0.1) is 6.92 Å². The lowest BCUT2D eigenvalue weighted by Crippen LogP contribution is -2.33. The van der Waals surface area contributed by atoms with Gasteiger partial charge in [-0.3, -0.25) is 0 Å². The van der Waals surface area contributed by atoms with Crippen LogP contribution in [-0.2, 0) is 5.60 Å². The molecule has 0 spiro atoms. The maximum Gasteiger partial charge on any atom is 0.120 e. The predicted octanol–water partition coefficient (Wildman–Crippen LogP) is 3.33. The van der Waals surface area contributed by atoms with Crippen molar-refractivity contribution in [2.24, 2.45) is 0 Å². The molecule has 0 saturated heterocycles. The Kier molecular flexibility index (Phi) is 4.03. The lowest BCUT2D eigenvalue weighted by molar-refractivity contribution is -0.0862. The van der Waals surface area contributed by atoms with Gasteiger partial charge in [-0.25, -0.2) is 0 Å². The van der Waals surface area contributed by atoms with Gasteiger partial charge < -0.3 is 10.2 Å². The summed E-state index contributed by atoms with van der Waals surface area (Å²) in [7, 11) is 0. The van der Waals surface area contributed by atoms with E-state index in [1.807, 2.05) is 68.4 Å². The van der Waals surface area contributed by atoms with Crippen molar-refractivity contribution in [2.75, 3.05) is 0 Å². The highest BCUT2D eigenvalue weighted by atomic mass is 16.3. The smallest absolute Gasteiger partial charge is 0.120 e. The van der Waals surface area contributed by atoms with Gasteiger partial charge in [-0.15, -0.1) is 0 Å². The molecule has 0 heterocycles. The van der Waals surface area contributed by atoms with E-state index >= 15 is 0 Å². The number of aliphatic hydroxyl groups is 2. The molecule has 2 heteroatoms. The van der Waals surface area contributed by atoms with Gasteiger partial charge in [0.05, 0.1) is 0 Å². The molecule has 19 heavy (non-hydrogen) atoms. The van der Waals surface area contributed by atoms with E-state index in [0.717, 1.165) is 16.7 Å². The molecule has 0 fully saturated rings. The van der Waals surface area contributed by atoms with Crippen LogP contribution < -0.4 is 0 Å². The largest absolute Gasteiger partial charge is 0.385 e. The molecule has 0 radical (unpaired) electrons. The zero-order chi connectivity index (χ0) is 13.9. The fourth-order valence-corrected chi connectivity index (χ4v) is 2.50. The molecule has 0 aliphatic heterocycles. The standard InChI is InChI=1S/C17H20O2/c1-3-17(19,15-12-8-7-9-13(15)2)16(18)14-10-5-4-6-11-14/h4-12,16,18-19H,3H2,1-2H3. The Morgan fingerprint density at radius 2 is 1.58 bits per heavy atom. The van der Waals surface area contributed by atoms with Crippen molar-refractivity contribution in [2.45, 2.75) is 32.0 Å². The average molecular weight is 256 g/mol. The summed E-state index contributed by atoms with van der Waals surface area (Å²) >= 11 is 0. The Labute approximate surface area is 114 Å². The number of aliphatic hydroxyl groups excluding tert-OH is 1. The lowest BCUT2D eigenvalue weighted by Gasteiger charge is -2.34. The number of hydrogen-bond acceptors (Lipinski definition) is 2. The molecular formula is C17H20O2. The van der Waals surface area contributed by atoms with Crippen LogP contribution in [0.2, 0.25) is 0 Å². The molecule has 2 N–H and O–H groups in total. The summed E-state index contributed by atoms with van der Waals surface area (Å²) in [4.78, 5) is 0. The van der Waals surface area contributed by atoms with Crippen LogP contribution in [0.5, 0.6) is 0 Å². The molecule has 0 aliphatic carbocycles. The van der Waals surface area contributed by atoms with Crippen LogP contribution in [0.15, 0.2) is 54.6 Å². The fraction of sp³-hybridized carbons (Fsp3) is 0.294. The number of hydrogen-bond donors (Lipinski definition) is 2. The maximum atomic E-state index is 10.9. The first-order valence-corrected chi connectivity index (χ1v) is 6.61. The van der Waals surface area contributed by atoms with Gasteiger partial charge in [0.2, 0.25) is 0 Å². The van der Waals surface area contributed by atoms with Crippen molar-refractivity contribution in [3.05, 3.63) is 71.3 Å². The molecule has 0 aromatic heterocycles. The lowest BCUT2D eigenvalue weighted by atomic mass is 9.80. The van der Waals surface area contributed by atoms with Crippen molar-refractivity contribution >= 4 is 0 Å². The molecule has 2 aromatic carbocycles. The number of rotatable bonds is 4. The third-order valence-corrected chi connectivity index (χ3v) is 3.72. The molecule has 0 saturated carbocycles. The van der Waals surface area contributed by atoms with Crippen molar-refractivity contribution in [3.8, 4) is 0 Å².